The van der Waals surface area contributed by atoms with Crippen molar-refractivity contribution < 1.29 is 13.9 Å². The normalized spacial score (nSPS) is 10.8. The molecular weight excluding hydrogens is 309 g/mol. The van der Waals surface area contributed by atoms with Crippen molar-refractivity contribution >= 4 is 16.9 Å². The van der Waals surface area contributed by atoms with Crippen molar-refractivity contribution in [2.75, 3.05) is 6.61 Å². The smallest absolute Gasteiger partial charge is 0.344 e. The van der Waals surface area contributed by atoms with Gasteiger partial charge in [-0.05, 0) is 42.7 Å². The average Bonchev–Trinajstić information content (AvgIpc) is 2.57. The van der Waals surface area contributed by atoms with E-state index in [1.165, 1.54) is 12.1 Å². The van der Waals surface area contributed by atoms with Gasteiger partial charge in [0.05, 0.1) is 6.61 Å². The van der Waals surface area contributed by atoms with E-state index < -0.39 is 11.5 Å². The fourth-order valence-electron chi connectivity index (χ4n) is 2.72. The zero-order valence-corrected chi connectivity index (χ0v) is 13.1. The van der Waals surface area contributed by atoms with E-state index in [9.17, 15) is 14.0 Å². The molecule has 5 heteroatoms. The molecule has 0 aliphatic carbocycles. The topological polar surface area (TPSA) is 59.2 Å². The molecule has 0 unspecified atom stereocenters. The fourth-order valence-corrected chi connectivity index (χ4v) is 2.72. The number of aromatic amines is 1. The summed E-state index contributed by atoms with van der Waals surface area (Å²) in [6, 6.07) is 13.3. The van der Waals surface area contributed by atoms with Gasteiger partial charge in [-0.15, -0.1) is 0 Å². The summed E-state index contributed by atoms with van der Waals surface area (Å²) < 4.78 is 18.2. The second kappa shape index (κ2) is 6.66. The number of benzene rings is 2. The molecule has 0 atom stereocenters. The molecule has 0 aliphatic rings. The maximum atomic E-state index is 13.1. The number of hydrogen-bond acceptors (Lipinski definition) is 3. The number of carbonyl (C=O) groups excluding carboxylic acids is 1. The van der Waals surface area contributed by atoms with E-state index >= 15 is 0 Å². The molecular formula is C19H16FNO3. The van der Waals surface area contributed by atoms with Crippen molar-refractivity contribution in [3.05, 3.63) is 81.4 Å². The number of aromatic nitrogens is 1. The number of hydrogen-bond donors (Lipinski definition) is 1. The molecule has 0 spiro atoms. The summed E-state index contributed by atoms with van der Waals surface area (Å²) in [6.07, 6.45) is 0.332. The number of carbonyl (C=O) groups is 1. The molecule has 0 amide bonds. The Morgan fingerprint density at radius 3 is 2.54 bits per heavy atom. The van der Waals surface area contributed by atoms with Gasteiger partial charge in [-0.3, -0.25) is 4.79 Å². The quantitative estimate of drug-likeness (QED) is 0.748. The molecule has 2 aromatic carbocycles. The van der Waals surface area contributed by atoms with E-state index in [0.29, 0.717) is 17.5 Å². The summed E-state index contributed by atoms with van der Waals surface area (Å²) in [5.41, 5.74) is 1.55. The van der Waals surface area contributed by atoms with Gasteiger partial charge in [0, 0.05) is 10.9 Å². The number of halogens is 1. The number of nitrogens with one attached hydrogen (secondary N) is 1. The van der Waals surface area contributed by atoms with E-state index in [4.69, 9.17) is 4.74 Å². The Balaban J connectivity index is 2.21. The number of ether oxygens (including phenoxy) is 1. The minimum atomic E-state index is -0.651. The van der Waals surface area contributed by atoms with Gasteiger partial charge in [0.25, 0.3) is 5.56 Å². The second-order valence-corrected chi connectivity index (χ2v) is 5.38. The fraction of sp³-hybridized carbons (Fsp3) is 0.158. The van der Waals surface area contributed by atoms with Crippen LogP contribution in [0.3, 0.4) is 0 Å². The van der Waals surface area contributed by atoms with Crippen LogP contribution in [0.1, 0.15) is 28.4 Å². The van der Waals surface area contributed by atoms with Crippen molar-refractivity contribution in [1.82, 2.24) is 4.98 Å². The second-order valence-electron chi connectivity index (χ2n) is 5.38. The molecule has 0 aliphatic heterocycles. The van der Waals surface area contributed by atoms with Gasteiger partial charge in [-0.25, -0.2) is 9.18 Å². The summed E-state index contributed by atoms with van der Waals surface area (Å²) in [7, 11) is 0. The van der Waals surface area contributed by atoms with Crippen LogP contribution in [0.15, 0.2) is 53.3 Å². The average molecular weight is 325 g/mol. The molecule has 1 N–H and O–H groups in total. The lowest BCUT2D eigenvalue weighted by atomic mass is 9.96. The van der Waals surface area contributed by atoms with Crippen LogP contribution in [-0.4, -0.2) is 17.6 Å². The zero-order chi connectivity index (χ0) is 17.1. The van der Waals surface area contributed by atoms with Gasteiger partial charge < -0.3 is 9.72 Å². The van der Waals surface area contributed by atoms with E-state index in [1.54, 1.807) is 25.1 Å². The van der Waals surface area contributed by atoms with E-state index in [0.717, 1.165) is 10.9 Å². The number of esters is 1. The highest BCUT2D eigenvalue weighted by atomic mass is 19.1. The van der Waals surface area contributed by atoms with Crippen molar-refractivity contribution in [3.63, 3.8) is 0 Å². The van der Waals surface area contributed by atoms with Crippen LogP contribution in [0.4, 0.5) is 4.39 Å². The molecule has 122 valence electrons. The maximum Gasteiger partial charge on any atom is 0.344 e. The number of para-hydroxylation sites is 1. The Kier molecular flexibility index (Phi) is 4.42. The van der Waals surface area contributed by atoms with Crippen LogP contribution in [0.5, 0.6) is 0 Å². The zero-order valence-electron chi connectivity index (χ0n) is 13.1. The van der Waals surface area contributed by atoms with Crippen LogP contribution in [-0.2, 0) is 11.2 Å². The van der Waals surface area contributed by atoms with E-state index in [-0.39, 0.29) is 18.0 Å². The van der Waals surface area contributed by atoms with Crippen molar-refractivity contribution in [2.45, 2.75) is 13.3 Å². The Hall–Kier alpha value is -2.95. The van der Waals surface area contributed by atoms with Gasteiger partial charge in [0.2, 0.25) is 0 Å². The van der Waals surface area contributed by atoms with E-state index in [1.807, 2.05) is 18.2 Å². The predicted molar refractivity (Wildman–Crippen MR) is 89.7 cm³/mol. The number of fused-ring (bicyclic) bond motifs is 1. The van der Waals surface area contributed by atoms with Gasteiger partial charge >= 0.3 is 5.97 Å². The lowest BCUT2D eigenvalue weighted by Crippen LogP contribution is -2.23. The molecule has 4 nitrogen and oxygen atoms in total. The van der Waals surface area contributed by atoms with Crippen LogP contribution < -0.4 is 5.56 Å². The predicted octanol–water partition coefficient (Wildman–Crippen LogP) is 3.43. The molecule has 3 aromatic rings. The first kappa shape index (κ1) is 15.9. The highest BCUT2D eigenvalue weighted by Crippen LogP contribution is 2.22. The molecule has 24 heavy (non-hydrogen) atoms. The third-order valence-corrected chi connectivity index (χ3v) is 3.80. The molecule has 0 bridgehead atoms. The molecule has 1 aromatic heterocycles. The summed E-state index contributed by atoms with van der Waals surface area (Å²) >= 11 is 0. The minimum absolute atomic E-state index is 0.000116. The standard InChI is InChI=1S/C19H16FNO3/c1-2-24-19(23)17-15(11-12-7-9-13(20)10-8-12)14-5-3-4-6-16(14)21-18(17)22/h3-10H,2,11H2,1H3,(H,21,22). The summed E-state index contributed by atoms with van der Waals surface area (Å²) in [5, 5.41) is 0.768. The summed E-state index contributed by atoms with van der Waals surface area (Å²) in [4.78, 5) is 27.4. The number of H-pyrrole nitrogens is 1. The van der Waals surface area contributed by atoms with Gasteiger partial charge in [0.15, 0.2) is 0 Å². The molecule has 1 heterocycles. The van der Waals surface area contributed by atoms with Crippen molar-refractivity contribution in [3.8, 4) is 0 Å². The third kappa shape index (κ3) is 3.06. The third-order valence-electron chi connectivity index (χ3n) is 3.80. The first-order chi connectivity index (χ1) is 11.6. The molecule has 0 radical (unpaired) electrons. The highest BCUT2D eigenvalue weighted by molar-refractivity contribution is 5.97. The Bertz CT molecular complexity index is 945. The maximum absolute atomic E-state index is 13.1. The number of pyridine rings is 1. The van der Waals surface area contributed by atoms with Crippen LogP contribution in [0, 0.1) is 5.82 Å². The lowest BCUT2D eigenvalue weighted by molar-refractivity contribution is 0.0523. The summed E-state index contributed by atoms with van der Waals surface area (Å²) in [5.74, 6) is -0.984. The van der Waals surface area contributed by atoms with Gasteiger partial charge in [0.1, 0.15) is 11.4 Å². The molecule has 0 fully saturated rings. The van der Waals surface area contributed by atoms with E-state index in [2.05, 4.69) is 4.98 Å². The van der Waals surface area contributed by atoms with Crippen molar-refractivity contribution in [1.29, 1.82) is 0 Å². The summed E-state index contributed by atoms with van der Waals surface area (Å²) in [6.45, 7) is 1.87. The van der Waals surface area contributed by atoms with Crippen LogP contribution in [0.25, 0.3) is 10.9 Å². The Labute approximate surface area is 137 Å². The highest BCUT2D eigenvalue weighted by Gasteiger charge is 2.20. The molecule has 0 saturated carbocycles. The monoisotopic (exact) mass is 325 g/mol. The lowest BCUT2D eigenvalue weighted by Gasteiger charge is -2.12. The largest absolute Gasteiger partial charge is 0.462 e. The molecule has 3 rings (SSSR count). The Morgan fingerprint density at radius 1 is 1.12 bits per heavy atom. The minimum Gasteiger partial charge on any atom is -0.462 e. The first-order valence-corrected chi connectivity index (χ1v) is 7.65. The Morgan fingerprint density at radius 2 is 1.83 bits per heavy atom. The van der Waals surface area contributed by atoms with Gasteiger partial charge in [-0.2, -0.15) is 0 Å². The van der Waals surface area contributed by atoms with Crippen LogP contribution in [0.2, 0.25) is 0 Å². The first-order valence-electron chi connectivity index (χ1n) is 7.65. The molecule has 0 saturated heterocycles. The SMILES string of the molecule is CCOC(=O)c1c(Cc2ccc(F)cc2)c2ccccc2[nH]c1=O. The van der Waals surface area contributed by atoms with Crippen molar-refractivity contribution in [2.24, 2.45) is 0 Å². The van der Waals surface area contributed by atoms with Gasteiger partial charge in [-0.1, -0.05) is 30.3 Å². The van der Waals surface area contributed by atoms with Crippen LogP contribution >= 0.6 is 0 Å². The number of rotatable bonds is 4.